The third kappa shape index (κ3) is 6.72. The third-order valence-corrected chi connectivity index (χ3v) is 6.86. The van der Waals surface area contributed by atoms with Gasteiger partial charge >= 0.3 is 0 Å². The summed E-state index contributed by atoms with van der Waals surface area (Å²) >= 11 is 0. The Hall–Kier alpha value is -3.04. The lowest BCUT2D eigenvalue weighted by Crippen LogP contribution is -2.28. The van der Waals surface area contributed by atoms with Crippen LogP contribution in [0.25, 0.3) is 11.3 Å². The van der Waals surface area contributed by atoms with Crippen molar-refractivity contribution in [1.29, 1.82) is 0 Å². The molecule has 7 nitrogen and oxygen atoms in total. The molecule has 0 aliphatic carbocycles. The molecule has 2 aromatic carbocycles. The van der Waals surface area contributed by atoms with E-state index in [0.29, 0.717) is 18.7 Å². The van der Waals surface area contributed by atoms with Crippen molar-refractivity contribution in [3.05, 3.63) is 71.7 Å². The van der Waals surface area contributed by atoms with Crippen LogP contribution in [0, 0.1) is 5.82 Å². The van der Waals surface area contributed by atoms with E-state index in [2.05, 4.69) is 14.9 Å². The lowest BCUT2D eigenvalue weighted by atomic mass is 10.1. The van der Waals surface area contributed by atoms with Crippen molar-refractivity contribution in [2.45, 2.75) is 37.5 Å². The summed E-state index contributed by atoms with van der Waals surface area (Å²) in [4.78, 5) is 14.4. The second-order valence-corrected chi connectivity index (χ2v) is 9.62. The molecule has 0 bridgehead atoms. The van der Waals surface area contributed by atoms with Gasteiger partial charge in [-0.25, -0.2) is 17.5 Å². The summed E-state index contributed by atoms with van der Waals surface area (Å²) in [6, 6.07) is 14.2. The zero-order chi connectivity index (χ0) is 23.8. The first kappa shape index (κ1) is 24.6. The molecular formula is C24H29FN4O3S. The molecule has 0 unspecified atom stereocenters. The molecule has 176 valence electrons. The minimum Gasteiger partial charge on any atom is -0.342 e. The molecule has 0 fully saturated rings. The Balaban J connectivity index is 1.42. The molecule has 9 heteroatoms. The minimum atomic E-state index is -3.53. The summed E-state index contributed by atoms with van der Waals surface area (Å²) in [6.07, 6.45) is 3.59. The second kappa shape index (κ2) is 11.2. The van der Waals surface area contributed by atoms with Gasteiger partial charge in [0.2, 0.25) is 10.0 Å². The molecule has 33 heavy (non-hydrogen) atoms. The number of aromatic amines is 1. The first-order valence-electron chi connectivity index (χ1n) is 11.0. The maximum absolute atomic E-state index is 13.1. The number of hydrogen-bond donors (Lipinski definition) is 2. The molecule has 3 aromatic rings. The van der Waals surface area contributed by atoms with E-state index in [1.54, 1.807) is 43.1 Å². The Kier molecular flexibility index (Phi) is 8.35. The van der Waals surface area contributed by atoms with Crippen LogP contribution < -0.4 is 4.72 Å². The first-order chi connectivity index (χ1) is 15.8. The van der Waals surface area contributed by atoms with Crippen molar-refractivity contribution in [1.82, 2.24) is 19.8 Å². The van der Waals surface area contributed by atoms with Gasteiger partial charge in [0.15, 0.2) is 0 Å². The van der Waals surface area contributed by atoms with E-state index in [-0.39, 0.29) is 16.6 Å². The molecule has 0 atom stereocenters. The molecule has 2 N–H and O–H groups in total. The van der Waals surface area contributed by atoms with Crippen LogP contribution in [0.2, 0.25) is 0 Å². The number of benzene rings is 2. The summed E-state index contributed by atoms with van der Waals surface area (Å²) < 4.78 is 39.5. The van der Waals surface area contributed by atoms with Gasteiger partial charge in [-0.2, -0.15) is 5.10 Å². The summed E-state index contributed by atoms with van der Waals surface area (Å²) in [5, 5.41) is 7.32. The zero-order valence-electron chi connectivity index (χ0n) is 18.8. The number of carbonyl (C=O) groups excluding carboxylic acids is 1. The number of carbonyl (C=O) groups is 1. The number of hydrogen-bond acceptors (Lipinski definition) is 4. The van der Waals surface area contributed by atoms with Crippen LogP contribution in [0.3, 0.4) is 0 Å². The minimum absolute atomic E-state index is 0.139. The van der Waals surface area contributed by atoms with E-state index in [9.17, 15) is 17.6 Å². The number of aromatic nitrogens is 2. The molecule has 1 amide bonds. The quantitative estimate of drug-likeness (QED) is 0.413. The van der Waals surface area contributed by atoms with Gasteiger partial charge < -0.3 is 4.90 Å². The second-order valence-electron chi connectivity index (χ2n) is 7.85. The summed E-state index contributed by atoms with van der Waals surface area (Å²) in [7, 11) is -1.78. The zero-order valence-corrected chi connectivity index (χ0v) is 19.7. The average Bonchev–Trinajstić information content (AvgIpc) is 3.27. The first-order valence-corrected chi connectivity index (χ1v) is 12.4. The average molecular weight is 473 g/mol. The van der Waals surface area contributed by atoms with E-state index >= 15 is 0 Å². The summed E-state index contributed by atoms with van der Waals surface area (Å²) in [5.74, 6) is -0.410. The Labute approximate surface area is 194 Å². The largest absolute Gasteiger partial charge is 0.342 e. The smallest absolute Gasteiger partial charge is 0.253 e. The lowest BCUT2D eigenvalue weighted by Gasteiger charge is -2.17. The number of rotatable bonds is 11. The van der Waals surface area contributed by atoms with E-state index in [0.717, 1.165) is 42.6 Å². The normalized spacial score (nSPS) is 11.5. The Morgan fingerprint density at radius 1 is 1.06 bits per heavy atom. The van der Waals surface area contributed by atoms with Gasteiger partial charge in [-0.3, -0.25) is 9.89 Å². The fourth-order valence-corrected chi connectivity index (χ4v) is 4.51. The van der Waals surface area contributed by atoms with Crippen LogP contribution in [0.1, 0.15) is 42.2 Å². The topological polar surface area (TPSA) is 95.2 Å². The molecule has 1 aromatic heterocycles. The van der Waals surface area contributed by atoms with Crippen molar-refractivity contribution in [3.8, 4) is 11.3 Å². The van der Waals surface area contributed by atoms with Gasteiger partial charge in [0.05, 0.1) is 10.6 Å². The molecule has 0 spiro atoms. The number of aryl methyl sites for hydroxylation is 1. The van der Waals surface area contributed by atoms with Crippen molar-refractivity contribution in [2.24, 2.45) is 0 Å². The highest BCUT2D eigenvalue weighted by molar-refractivity contribution is 7.89. The Morgan fingerprint density at radius 3 is 2.42 bits per heavy atom. The predicted molar refractivity (Wildman–Crippen MR) is 126 cm³/mol. The van der Waals surface area contributed by atoms with Crippen LogP contribution in [0.4, 0.5) is 4.39 Å². The van der Waals surface area contributed by atoms with E-state index in [1.807, 2.05) is 6.07 Å². The standard InChI is InChI=1S/C24H29FN4O3S/c1-3-26-33(31,32)22-14-10-19(11-15-22)24(30)29(2)16-6-4-5-7-21-17-23(28-27-21)18-8-12-20(25)13-9-18/h8-15,17,26H,3-7,16H2,1-2H3,(H,27,28). The van der Waals surface area contributed by atoms with Crippen LogP contribution in [-0.2, 0) is 16.4 Å². The SMILES string of the molecule is CCNS(=O)(=O)c1ccc(C(=O)N(C)CCCCCc2cc(-c3ccc(F)cc3)n[nH]2)cc1. The van der Waals surface area contributed by atoms with Gasteiger partial charge in [0.1, 0.15) is 5.82 Å². The summed E-state index contributed by atoms with van der Waals surface area (Å²) in [6.45, 7) is 2.63. The van der Waals surface area contributed by atoms with E-state index < -0.39 is 10.0 Å². The van der Waals surface area contributed by atoms with E-state index in [1.165, 1.54) is 24.3 Å². The van der Waals surface area contributed by atoms with Gasteiger partial charge in [0, 0.05) is 37.0 Å². The lowest BCUT2D eigenvalue weighted by molar-refractivity contribution is 0.0792. The summed E-state index contributed by atoms with van der Waals surface area (Å²) in [5.41, 5.74) is 3.14. The number of nitrogens with one attached hydrogen (secondary N) is 2. The highest BCUT2D eigenvalue weighted by Gasteiger charge is 2.15. The van der Waals surface area contributed by atoms with E-state index in [4.69, 9.17) is 0 Å². The molecule has 0 aliphatic rings. The van der Waals surface area contributed by atoms with Crippen LogP contribution in [0.5, 0.6) is 0 Å². The number of H-pyrrole nitrogens is 1. The molecule has 3 rings (SSSR count). The molecule has 0 saturated heterocycles. The monoisotopic (exact) mass is 472 g/mol. The number of halogens is 1. The van der Waals surface area contributed by atoms with Crippen molar-refractivity contribution >= 4 is 15.9 Å². The van der Waals surface area contributed by atoms with Crippen LogP contribution >= 0.6 is 0 Å². The number of sulfonamides is 1. The van der Waals surface area contributed by atoms with Crippen molar-refractivity contribution < 1.29 is 17.6 Å². The predicted octanol–water partition coefficient (Wildman–Crippen LogP) is 4.00. The number of nitrogens with zero attached hydrogens (tertiary/aromatic N) is 2. The maximum atomic E-state index is 13.1. The van der Waals surface area contributed by atoms with Gasteiger partial charge in [0.25, 0.3) is 5.91 Å². The van der Waals surface area contributed by atoms with Crippen LogP contribution in [0.15, 0.2) is 59.5 Å². The third-order valence-electron chi connectivity index (χ3n) is 5.30. The Morgan fingerprint density at radius 2 is 1.76 bits per heavy atom. The number of unbranched alkanes of at least 4 members (excludes halogenated alkanes) is 2. The fourth-order valence-electron chi connectivity index (χ4n) is 3.47. The Bertz CT molecular complexity index is 1160. The molecular weight excluding hydrogens is 443 g/mol. The van der Waals surface area contributed by atoms with Gasteiger partial charge in [-0.1, -0.05) is 13.3 Å². The van der Waals surface area contributed by atoms with Crippen molar-refractivity contribution in [3.63, 3.8) is 0 Å². The van der Waals surface area contributed by atoms with Gasteiger partial charge in [-0.15, -0.1) is 0 Å². The molecule has 0 aliphatic heterocycles. The highest BCUT2D eigenvalue weighted by Crippen LogP contribution is 2.19. The maximum Gasteiger partial charge on any atom is 0.253 e. The van der Waals surface area contributed by atoms with Crippen molar-refractivity contribution in [2.75, 3.05) is 20.1 Å². The number of amides is 1. The molecule has 0 radical (unpaired) electrons. The highest BCUT2D eigenvalue weighted by atomic mass is 32.2. The molecule has 1 heterocycles. The molecule has 0 saturated carbocycles. The van der Waals surface area contributed by atoms with Crippen LogP contribution in [-0.4, -0.2) is 49.6 Å². The fraction of sp³-hybridized carbons (Fsp3) is 0.333. The van der Waals surface area contributed by atoms with Gasteiger partial charge in [-0.05, 0) is 73.9 Å².